The number of carbonyl (C=O) groups excluding carboxylic acids is 2. The zero-order valence-electron chi connectivity index (χ0n) is 25.7. The smallest absolute Gasteiger partial charge is 0.254 e. The van der Waals surface area contributed by atoms with E-state index in [-0.39, 0.29) is 23.3 Å². The molecule has 7 heteroatoms. The van der Waals surface area contributed by atoms with Crippen LogP contribution in [-0.2, 0) is 11.3 Å². The van der Waals surface area contributed by atoms with Crippen molar-refractivity contribution in [1.82, 2.24) is 14.4 Å². The second kappa shape index (κ2) is 13.0. The van der Waals surface area contributed by atoms with Gasteiger partial charge in [-0.25, -0.2) is 0 Å². The molecule has 3 aliphatic rings. The summed E-state index contributed by atoms with van der Waals surface area (Å²) in [5.41, 5.74) is 5.10. The largest absolute Gasteiger partial charge is 0.493 e. The quantitative estimate of drug-likeness (QED) is 0.365. The Balaban J connectivity index is 1.10. The number of fused-ring (bicyclic) bond motifs is 3. The maximum atomic E-state index is 13.5. The van der Waals surface area contributed by atoms with Gasteiger partial charge in [0.25, 0.3) is 11.8 Å². The van der Waals surface area contributed by atoms with Crippen LogP contribution in [-0.4, -0.2) is 71.7 Å². The fraction of sp³-hybridized carbons (Fsp3) is 0.500. The molecule has 3 aromatic rings. The molecule has 2 amide bonds. The average Bonchev–Trinajstić information content (AvgIpc) is 3.63. The van der Waals surface area contributed by atoms with Crippen molar-refractivity contribution in [3.8, 4) is 5.75 Å². The lowest BCUT2D eigenvalue weighted by molar-refractivity contribution is 0.0332. The molecule has 1 spiro atoms. The number of carbonyl (C=O) groups is 2. The van der Waals surface area contributed by atoms with E-state index in [1.165, 1.54) is 17.0 Å². The van der Waals surface area contributed by atoms with Gasteiger partial charge >= 0.3 is 0 Å². The monoisotopic (exact) mass is 583 g/mol. The first-order valence-corrected chi connectivity index (χ1v) is 16.0. The molecule has 0 N–H and O–H groups in total. The molecule has 7 nitrogen and oxygen atoms in total. The van der Waals surface area contributed by atoms with Crippen LogP contribution >= 0.6 is 0 Å². The number of aromatic nitrogens is 1. The summed E-state index contributed by atoms with van der Waals surface area (Å²) in [4.78, 5) is 30.8. The van der Waals surface area contributed by atoms with Crippen LogP contribution < -0.4 is 4.74 Å². The predicted octanol–water partition coefficient (Wildman–Crippen LogP) is 6.26. The first kappa shape index (κ1) is 29.5. The summed E-state index contributed by atoms with van der Waals surface area (Å²) in [6, 6.07) is 20.2. The van der Waals surface area contributed by atoms with Crippen molar-refractivity contribution in [3.63, 3.8) is 0 Å². The summed E-state index contributed by atoms with van der Waals surface area (Å²) >= 11 is 0. The Hall–Kier alpha value is -3.58. The second-order valence-corrected chi connectivity index (χ2v) is 12.8. The fourth-order valence-corrected chi connectivity index (χ4v) is 7.04. The van der Waals surface area contributed by atoms with Gasteiger partial charge in [0, 0.05) is 60.7 Å². The van der Waals surface area contributed by atoms with Crippen molar-refractivity contribution in [2.24, 2.45) is 5.41 Å². The van der Waals surface area contributed by atoms with E-state index in [4.69, 9.17) is 9.47 Å². The lowest BCUT2D eigenvalue weighted by Gasteiger charge is -2.42. The number of nitrogens with zero attached hydrogens (tertiary/aromatic N) is 3. The highest BCUT2D eigenvalue weighted by atomic mass is 16.5. The minimum atomic E-state index is -0.00662. The third-order valence-electron chi connectivity index (χ3n) is 9.89. The zero-order chi connectivity index (χ0) is 29.8. The van der Waals surface area contributed by atoms with E-state index < -0.39 is 0 Å². The topological polar surface area (TPSA) is 64.0 Å². The summed E-state index contributed by atoms with van der Waals surface area (Å²) < 4.78 is 14.8. The lowest BCUT2D eigenvalue weighted by atomic mass is 9.75. The summed E-state index contributed by atoms with van der Waals surface area (Å²) in [5.74, 6) is 0.917. The fourth-order valence-electron chi connectivity index (χ4n) is 7.04. The Morgan fingerprint density at radius 3 is 2.44 bits per heavy atom. The van der Waals surface area contributed by atoms with E-state index >= 15 is 0 Å². The van der Waals surface area contributed by atoms with Crippen molar-refractivity contribution in [2.75, 3.05) is 39.5 Å². The van der Waals surface area contributed by atoms with Crippen molar-refractivity contribution in [3.05, 3.63) is 88.7 Å². The van der Waals surface area contributed by atoms with E-state index in [0.717, 1.165) is 82.4 Å². The normalized spacial score (nSPS) is 21.2. The summed E-state index contributed by atoms with van der Waals surface area (Å²) in [7, 11) is 0. The highest BCUT2D eigenvalue weighted by molar-refractivity contribution is 5.95. The van der Waals surface area contributed by atoms with Crippen LogP contribution in [0.1, 0.15) is 82.6 Å². The molecule has 3 aliphatic heterocycles. The van der Waals surface area contributed by atoms with Crippen molar-refractivity contribution in [2.45, 2.75) is 71.4 Å². The SMILES string of the molecule is Cc1ccc(C)n1Cc1ccc(C(=O)N2CCC3(CCCCOC[C@@H]4CCCN4C(=O)c4cccc(c4)OC3)CC2)cc1. The van der Waals surface area contributed by atoms with E-state index in [1.807, 2.05) is 46.2 Å². The van der Waals surface area contributed by atoms with Gasteiger partial charge in [-0.15, -0.1) is 0 Å². The summed E-state index contributed by atoms with van der Waals surface area (Å²) in [5, 5.41) is 0. The molecule has 228 valence electrons. The van der Waals surface area contributed by atoms with Crippen molar-refractivity contribution in [1.29, 1.82) is 0 Å². The van der Waals surface area contributed by atoms with Gasteiger partial charge < -0.3 is 23.8 Å². The number of likely N-dealkylation sites (tertiary alicyclic amines) is 1. The van der Waals surface area contributed by atoms with Crippen LogP contribution in [0.15, 0.2) is 60.7 Å². The first-order valence-electron chi connectivity index (χ1n) is 16.0. The zero-order valence-corrected chi connectivity index (χ0v) is 25.7. The number of benzene rings is 2. The number of aryl methyl sites for hydroxylation is 2. The van der Waals surface area contributed by atoms with Crippen LogP contribution in [0.5, 0.6) is 5.75 Å². The number of piperidine rings is 1. The molecule has 0 aliphatic carbocycles. The molecule has 2 fully saturated rings. The molecule has 0 radical (unpaired) electrons. The number of hydrogen-bond acceptors (Lipinski definition) is 4. The predicted molar refractivity (Wildman–Crippen MR) is 168 cm³/mol. The van der Waals surface area contributed by atoms with Gasteiger partial charge in [-0.05, 0) is 100 Å². The maximum Gasteiger partial charge on any atom is 0.254 e. The first-order chi connectivity index (χ1) is 20.9. The van der Waals surface area contributed by atoms with Gasteiger partial charge in [-0.1, -0.05) is 24.6 Å². The minimum Gasteiger partial charge on any atom is -0.493 e. The lowest BCUT2D eigenvalue weighted by Crippen LogP contribution is -2.45. The van der Waals surface area contributed by atoms with Gasteiger partial charge in [0.1, 0.15) is 5.75 Å². The van der Waals surface area contributed by atoms with Gasteiger partial charge in [-0.2, -0.15) is 0 Å². The standard InChI is InChI=1S/C36H45N3O4/c1-27-10-11-28(2)39(27)24-29-12-14-30(15-13-29)34(40)37-20-17-36(18-21-37)16-3-4-22-42-25-32-8-6-19-38(32)35(41)31-7-5-9-33(23-31)43-26-36/h5,7,9-15,23,32H,3-4,6,8,16-22,24-26H2,1-2H3/t32-/m0/s1. The van der Waals surface area contributed by atoms with E-state index in [1.54, 1.807) is 0 Å². The Morgan fingerprint density at radius 2 is 1.67 bits per heavy atom. The third kappa shape index (κ3) is 6.67. The van der Waals surface area contributed by atoms with Crippen LogP contribution in [0, 0.1) is 19.3 Å². The highest BCUT2D eigenvalue weighted by Gasteiger charge is 2.37. The average molecular weight is 584 g/mol. The molecule has 1 aromatic heterocycles. The Bertz CT molecular complexity index is 1400. The van der Waals surface area contributed by atoms with Crippen LogP contribution in [0.3, 0.4) is 0 Å². The highest BCUT2D eigenvalue weighted by Crippen LogP contribution is 2.38. The molecule has 2 saturated heterocycles. The Morgan fingerprint density at radius 1 is 0.907 bits per heavy atom. The molecule has 1 atom stereocenters. The van der Waals surface area contributed by atoms with Crippen LogP contribution in [0.2, 0.25) is 0 Å². The van der Waals surface area contributed by atoms with Crippen molar-refractivity contribution >= 4 is 11.8 Å². The third-order valence-corrected chi connectivity index (χ3v) is 9.89. The molecule has 0 saturated carbocycles. The van der Waals surface area contributed by atoms with E-state index in [2.05, 4.69) is 42.7 Å². The number of hydrogen-bond donors (Lipinski definition) is 0. The van der Waals surface area contributed by atoms with Crippen molar-refractivity contribution < 1.29 is 19.1 Å². The molecule has 4 heterocycles. The number of rotatable bonds is 3. The minimum absolute atomic E-state index is 0.00662. The molecule has 2 aromatic carbocycles. The van der Waals surface area contributed by atoms with E-state index in [0.29, 0.717) is 25.4 Å². The second-order valence-electron chi connectivity index (χ2n) is 12.8. The van der Waals surface area contributed by atoms with Gasteiger partial charge in [0.15, 0.2) is 0 Å². The van der Waals surface area contributed by atoms with E-state index in [9.17, 15) is 9.59 Å². The molecular formula is C36H45N3O4. The van der Waals surface area contributed by atoms with Gasteiger partial charge in [0.2, 0.25) is 0 Å². The van der Waals surface area contributed by atoms with Gasteiger partial charge in [-0.3, -0.25) is 9.59 Å². The number of ether oxygens (including phenoxy) is 2. The summed E-state index contributed by atoms with van der Waals surface area (Å²) in [6.45, 7) is 9.20. The molecular weight excluding hydrogens is 538 g/mol. The maximum absolute atomic E-state index is 13.5. The number of amides is 2. The Labute approximate surface area is 255 Å². The molecule has 43 heavy (non-hydrogen) atoms. The van der Waals surface area contributed by atoms with Gasteiger partial charge in [0.05, 0.1) is 19.3 Å². The molecule has 2 bridgehead atoms. The molecule has 0 unspecified atom stereocenters. The summed E-state index contributed by atoms with van der Waals surface area (Å²) in [6.07, 6.45) is 6.92. The van der Waals surface area contributed by atoms with Crippen LogP contribution in [0.25, 0.3) is 0 Å². The molecule has 6 rings (SSSR count). The Kier molecular flexibility index (Phi) is 8.89. The van der Waals surface area contributed by atoms with Crippen LogP contribution in [0.4, 0.5) is 0 Å².